The van der Waals surface area contributed by atoms with E-state index >= 15 is 0 Å². The van der Waals surface area contributed by atoms with Gasteiger partial charge in [0.1, 0.15) is 5.69 Å². The Morgan fingerprint density at radius 1 is 1.10 bits per heavy atom. The van der Waals surface area contributed by atoms with Crippen molar-refractivity contribution in [3.05, 3.63) is 11.6 Å². The fraction of sp³-hybridized carbons (Fsp3) is 0.429. The average Bonchev–Trinajstić information content (AvgIpc) is 2.47. The average molecular weight is 308 g/mol. The van der Waals surface area contributed by atoms with Gasteiger partial charge in [0, 0.05) is 4.90 Å². The number of thioether (sulfide) groups is 2. The normalized spacial score (nSPS) is 9.75. The Bertz CT molecular complexity index is 575. The molecule has 0 bridgehead atoms. The van der Waals surface area contributed by atoms with Gasteiger partial charge in [0.05, 0.1) is 10.6 Å². The van der Waals surface area contributed by atoms with Crippen molar-refractivity contribution in [3.8, 4) is 0 Å². The number of hydrogen-bond acceptors (Lipinski definition) is 6. The molecule has 4 nitrogen and oxygen atoms in total. The fourth-order valence-electron chi connectivity index (χ4n) is 1.89. The molecule has 20 heavy (non-hydrogen) atoms. The van der Waals surface area contributed by atoms with Crippen molar-refractivity contribution in [2.45, 2.75) is 36.0 Å². The van der Waals surface area contributed by atoms with E-state index in [1.807, 2.05) is 18.6 Å². The maximum Gasteiger partial charge on any atom is 0.240 e. The molecule has 0 N–H and O–H groups in total. The first kappa shape index (κ1) is 16.7. The third kappa shape index (κ3) is 3.84. The van der Waals surface area contributed by atoms with E-state index in [0.717, 1.165) is 34.6 Å². The first-order valence-corrected chi connectivity index (χ1v) is 8.61. The highest BCUT2D eigenvalue weighted by Crippen LogP contribution is 2.45. The summed E-state index contributed by atoms with van der Waals surface area (Å²) in [4.78, 5) is 30.5. The zero-order valence-corrected chi connectivity index (χ0v) is 13.4. The van der Waals surface area contributed by atoms with Crippen LogP contribution in [0.5, 0.6) is 0 Å². The largest absolute Gasteiger partial charge is 0.240 e. The molecule has 0 fully saturated rings. The lowest BCUT2D eigenvalue weighted by molar-refractivity contribution is 0.564. The highest BCUT2D eigenvalue weighted by atomic mass is 32.2. The minimum Gasteiger partial charge on any atom is -0.211 e. The van der Waals surface area contributed by atoms with Crippen LogP contribution in [0, 0.1) is 0 Å². The molecule has 0 aromatic heterocycles. The standard InChI is InChI=1S/C14H16N2O2S2/c1-4-5-6-10-7-11(19-2)13(16-9-18)14(20-3)12(10)15-8-17/h7H,4-6H2,1-3H3. The Kier molecular flexibility index (Phi) is 7.34. The molecule has 0 aliphatic rings. The van der Waals surface area contributed by atoms with E-state index in [2.05, 4.69) is 16.9 Å². The Balaban J connectivity index is 3.60. The number of benzene rings is 1. The number of rotatable bonds is 7. The van der Waals surface area contributed by atoms with Gasteiger partial charge in [0.15, 0.2) is 0 Å². The summed E-state index contributed by atoms with van der Waals surface area (Å²) in [5.41, 5.74) is 2.11. The highest BCUT2D eigenvalue weighted by molar-refractivity contribution is 7.99. The monoisotopic (exact) mass is 308 g/mol. The summed E-state index contributed by atoms with van der Waals surface area (Å²) < 4.78 is 0. The summed E-state index contributed by atoms with van der Waals surface area (Å²) in [6.07, 6.45) is 9.88. The van der Waals surface area contributed by atoms with E-state index in [1.54, 1.807) is 12.2 Å². The van der Waals surface area contributed by atoms with Crippen LogP contribution in [0.2, 0.25) is 0 Å². The first-order valence-electron chi connectivity index (χ1n) is 6.17. The van der Waals surface area contributed by atoms with Crippen molar-refractivity contribution >= 4 is 47.1 Å². The third-order valence-electron chi connectivity index (χ3n) is 2.81. The van der Waals surface area contributed by atoms with Crippen molar-refractivity contribution in [2.24, 2.45) is 9.98 Å². The topological polar surface area (TPSA) is 58.9 Å². The lowest BCUT2D eigenvalue weighted by Crippen LogP contribution is -1.91. The van der Waals surface area contributed by atoms with E-state index in [1.165, 1.54) is 23.5 Å². The van der Waals surface area contributed by atoms with Gasteiger partial charge >= 0.3 is 0 Å². The van der Waals surface area contributed by atoms with Crippen LogP contribution >= 0.6 is 23.5 Å². The molecule has 106 valence electrons. The highest BCUT2D eigenvalue weighted by Gasteiger charge is 2.17. The number of aliphatic imine (C=N–C) groups is 2. The lowest BCUT2D eigenvalue weighted by atomic mass is 10.1. The number of nitrogens with zero attached hydrogens (tertiary/aromatic N) is 2. The van der Waals surface area contributed by atoms with Crippen molar-refractivity contribution in [3.63, 3.8) is 0 Å². The molecule has 0 unspecified atom stereocenters. The number of isocyanates is 2. The molecule has 0 saturated carbocycles. The van der Waals surface area contributed by atoms with Gasteiger partial charge in [-0.3, -0.25) is 0 Å². The molecule has 0 atom stereocenters. The zero-order chi connectivity index (χ0) is 15.0. The van der Waals surface area contributed by atoms with Gasteiger partial charge in [0.2, 0.25) is 12.2 Å². The van der Waals surface area contributed by atoms with E-state index in [9.17, 15) is 9.59 Å². The predicted octanol–water partition coefficient (Wildman–Crippen LogP) is 4.41. The number of carbonyl (C=O) groups excluding carboxylic acids is 2. The Labute approximate surface area is 127 Å². The molecule has 0 amide bonds. The molecule has 0 radical (unpaired) electrons. The second-order valence-corrected chi connectivity index (χ2v) is 5.64. The molecule has 0 saturated heterocycles. The second-order valence-electron chi connectivity index (χ2n) is 3.98. The molecule has 1 aromatic rings. The number of aryl methyl sites for hydroxylation is 1. The SMILES string of the molecule is CCCCc1cc(SC)c(N=C=O)c(SC)c1N=C=O. The number of unbranched alkanes of at least 4 members (excludes halogenated alkanes) is 1. The van der Waals surface area contributed by atoms with Crippen LogP contribution in [0.15, 0.2) is 25.8 Å². The van der Waals surface area contributed by atoms with Crippen LogP contribution in [0.25, 0.3) is 0 Å². The Morgan fingerprint density at radius 2 is 1.75 bits per heavy atom. The molecule has 1 rings (SSSR count). The van der Waals surface area contributed by atoms with Crippen LogP contribution in [-0.4, -0.2) is 24.7 Å². The van der Waals surface area contributed by atoms with Gasteiger partial charge < -0.3 is 0 Å². The van der Waals surface area contributed by atoms with Gasteiger partial charge in [-0.25, -0.2) is 9.59 Å². The first-order chi connectivity index (χ1) is 9.73. The lowest BCUT2D eigenvalue weighted by Gasteiger charge is -2.14. The van der Waals surface area contributed by atoms with Crippen LogP contribution in [0.4, 0.5) is 11.4 Å². The molecule has 6 heteroatoms. The van der Waals surface area contributed by atoms with Gasteiger partial charge in [-0.1, -0.05) is 13.3 Å². The van der Waals surface area contributed by atoms with Crippen molar-refractivity contribution in [2.75, 3.05) is 12.5 Å². The maximum absolute atomic E-state index is 10.7. The number of hydrogen-bond donors (Lipinski definition) is 0. The van der Waals surface area contributed by atoms with Crippen molar-refractivity contribution < 1.29 is 9.59 Å². The summed E-state index contributed by atoms with van der Waals surface area (Å²) in [6.45, 7) is 2.11. The summed E-state index contributed by atoms with van der Waals surface area (Å²) >= 11 is 2.93. The van der Waals surface area contributed by atoms with E-state index in [4.69, 9.17) is 0 Å². The van der Waals surface area contributed by atoms with Gasteiger partial charge in [-0.2, -0.15) is 9.98 Å². The molecule has 0 heterocycles. The fourth-order valence-corrected chi connectivity index (χ4v) is 3.28. The van der Waals surface area contributed by atoms with Gasteiger partial charge in [0.25, 0.3) is 0 Å². The summed E-state index contributed by atoms with van der Waals surface area (Å²) in [5.74, 6) is 0. The van der Waals surface area contributed by atoms with Crippen LogP contribution < -0.4 is 0 Å². The van der Waals surface area contributed by atoms with Crippen LogP contribution in [0.3, 0.4) is 0 Å². The summed E-state index contributed by atoms with van der Waals surface area (Å²) in [6, 6.07) is 1.95. The smallest absolute Gasteiger partial charge is 0.211 e. The molecular weight excluding hydrogens is 292 g/mol. The van der Waals surface area contributed by atoms with Crippen molar-refractivity contribution in [1.82, 2.24) is 0 Å². The maximum atomic E-state index is 10.7. The molecule has 0 spiro atoms. The Morgan fingerprint density at radius 3 is 2.25 bits per heavy atom. The molecule has 0 aliphatic carbocycles. The summed E-state index contributed by atoms with van der Waals surface area (Å²) in [7, 11) is 0. The second kappa shape index (κ2) is 8.77. The zero-order valence-electron chi connectivity index (χ0n) is 11.7. The summed E-state index contributed by atoms with van der Waals surface area (Å²) in [5, 5.41) is 0. The van der Waals surface area contributed by atoms with E-state index in [0.29, 0.717) is 11.4 Å². The van der Waals surface area contributed by atoms with E-state index < -0.39 is 0 Å². The molecule has 0 aliphatic heterocycles. The minimum absolute atomic E-state index is 0.536. The van der Waals surface area contributed by atoms with E-state index in [-0.39, 0.29) is 0 Å². The molecular formula is C14H16N2O2S2. The minimum atomic E-state index is 0.536. The van der Waals surface area contributed by atoms with Crippen LogP contribution in [0.1, 0.15) is 25.3 Å². The van der Waals surface area contributed by atoms with Crippen molar-refractivity contribution in [1.29, 1.82) is 0 Å². The Hall–Kier alpha value is -1.32. The third-order valence-corrected chi connectivity index (χ3v) is 4.36. The van der Waals surface area contributed by atoms with Gasteiger partial charge in [-0.05, 0) is 37.0 Å². The quantitative estimate of drug-likeness (QED) is 0.425. The predicted molar refractivity (Wildman–Crippen MR) is 84.2 cm³/mol. The van der Waals surface area contributed by atoms with Crippen LogP contribution in [-0.2, 0) is 16.0 Å². The molecule has 1 aromatic carbocycles. The van der Waals surface area contributed by atoms with Gasteiger partial charge in [-0.15, -0.1) is 23.5 Å².